The Bertz CT molecular complexity index is 807. The Kier molecular flexibility index (Phi) is 5.04. The van der Waals surface area contributed by atoms with Crippen molar-refractivity contribution in [1.82, 2.24) is 5.06 Å². The fourth-order valence-corrected chi connectivity index (χ4v) is 2.44. The first-order chi connectivity index (χ1) is 10.9. The van der Waals surface area contributed by atoms with Crippen molar-refractivity contribution in [2.24, 2.45) is 9.63 Å². The third-order valence-electron chi connectivity index (χ3n) is 2.79. The molecular formula is C14H13N3O5S. The molecule has 1 aliphatic heterocycles. The van der Waals surface area contributed by atoms with Gasteiger partial charge in [0.25, 0.3) is 10.0 Å². The number of sulfonamides is 1. The molecule has 0 fully saturated rings. The van der Waals surface area contributed by atoms with E-state index in [0.717, 1.165) is 11.3 Å². The van der Waals surface area contributed by atoms with E-state index in [2.05, 4.69) is 9.63 Å². The van der Waals surface area contributed by atoms with Gasteiger partial charge >= 0.3 is 5.97 Å². The van der Waals surface area contributed by atoms with E-state index in [1.54, 1.807) is 12.2 Å². The van der Waals surface area contributed by atoms with E-state index in [4.69, 9.17) is 5.11 Å². The number of carboxylic acids is 1. The molecule has 0 unspecified atom stereocenters. The molecule has 0 bridgehead atoms. The van der Waals surface area contributed by atoms with Crippen LogP contribution in [0.3, 0.4) is 0 Å². The molecule has 0 radical (unpaired) electrons. The molecule has 120 valence electrons. The summed E-state index contributed by atoms with van der Waals surface area (Å²) < 4.78 is 27.2. The van der Waals surface area contributed by atoms with Gasteiger partial charge in [-0.2, -0.15) is 8.42 Å². The molecule has 0 aromatic heterocycles. The van der Waals surface area contributed by atoms with Gasteiger partial charge in [-0.05, 0) is 29.8 Å². The van der Waals surface area contributed by atoms with Crippen LogP contribution in [0.4, 0.5) is 0 Å². The second-order valence-electron chi connectivity index (χ2n) is 4.49. The van der Waals surface area contributed by atoms with Gasteiger partial charge in [0.15, 0.2) is 0 Å². The monoisotopic (exact) mass is 335 g/mol. The van der Waals surface area contributed by atoms with E-state index >= 15 is 0 Å². The molecular weight excluding hydrogens is 322 g/mol. The maximum absolute atomic E-state index is 12.0. The van der Waals surface area contributed by atoms with Crippen molar-refractivity contribution in [3.63, 3.8) is 0 Å². The molecule has 9 heteroatoms. The van der Waals surface area contributed by atoms with Crippen molar-refractivity contribution < 1.29 is 23.5 Å². The normalized spacial score (nSPS) is 16.4. The largest absolute Gasteiger partial charge is 0.481 e. The van der Waals surface area contributed by atoms with Crippen LogP contribution in [-0.4, -0.2) is 29.8 Å². The maximum atomic E-state index is 12.0. The van der Waals surface area contributed by atoms with E-state index < -0.39 is 16.0 Å². The fraction of sp³-hybridized carbons (Fsp3) is 0.0714. The number of hydrogen-bond acceptors (Lipinski definition) is 6. The molecule has 2 N–H and O–H groups in total. The second-order valence-corrected chi connectivity index (χ2v) is 6.07. The summed E-state index contributed by atoms with van der Waals surface area (Å²) in [7, 11) is -4.00. The van der Waals surface area contributed by atoms with Crippen molar-refractivity contribution in [2.75, 3.05) is 0 Å². The quantitative estimate of drug-likeness (QED) is 0.795. The first-order valence-electron chi connectivity index (χ1n) is 6.39. The van der Waals surface area contributed by atoms with Crippen LogP contribution < -0.4 is 0 Å². The van der Waals surface area contributed by atoms with Crippen molar-refractivity contribution in [3.05, 3.63) is 66.2 Å². The third kappa shape index (κ3) is 4.59. The molecule has 0 amide bonds. The summed E-state index contributed by atoms with van der Waals surface area (Å²) in [6.07, 6.45) is 7.01. The first-order valence-corrected chi connectivity index (χ1v) is 7.83. The Hall–Kier alpha value is -2.78. The number of hydrogen-bond donors (Lipinski definition) is 2. The maximum Gasteiger partial charge on any atom is 0.307 e. The Labute approximate surface area is 132 Å². The fourth-order valence-electron chi connectivity index (χ4n) is 1.70. The molecule has 0 atom stereocenters. The molecule has 0 spiro atoms. The number of rotatable bonds is 5. The second kappa shape index (κ2) is 6.99. The van der Waals surface area contributed by atoms with Crippen LogP contribution in [0.5, 0.6) is 0 Å². The topological polar surface area (TPSA) is 120 Å². The van der Waals surface area contributed by atoms with Crippen LogP contribution in [-0.2, 0) is 21.2 Å². The van der Waals surface area contributed by atoms with E-state index in [0.29, 0.717) is 5.56 Å². The first kappa shape index (κ1) is 16.6. The minimum absolute atomic E-state index is 0.103. The highest BCUT2D eigenvalue weighted by Crippen LogP contribution is 2.15. The van der Waals surface area contributed by atoms with Crippen LogP contribution in [0.1, 0.15) is 5.56 Å². The predicted octanol–water partition coefficient (Wildman–Crippen LogP) is 2.07. The average molecular weight is 335 g/mol. The summed E-state index contributed by atoms with van der Waals surface area (Å²) in [5, 5.41) is 22.3. The van der Waals surface area contributed by atoms with E-state index in [9.17, 15) is 18.4 Å². The summed E-state index contributed by atoms with van der Waals surface area (Å²) in [4.78, 5) is 10.5. The van der Waals surface area contributed by atoms with Gasteiger partial charge in [-0.1, -0.05) is 22.7 Å². The van der Waals surface area contributed by atoms with Crippen molar-refractivity contribution in [2.45, 2.75) is 11.3 Å². The molecule has 0 saturated heterocycles. The van der Waals surface area contributed by atoms with E-state index in [-0.39, 0.29) is 17.0 Å². The van der Waals surface area contributed by atoms with E-state index in [1.165, 1.54) is 36.5 Å². The number of hydroxylamine groups is 2. The molecule has 1 aromatic rings. The highest BCUT2D eigenvalue weighted by Gasteiger charge is 2.13. The van der Waals surface area contributed by atoms with E-state index in [1.807, 2.05) is 0 Å². The SMILES string of the molecule is O=C(O)Cc1ccc(S(=O)(=O)N=N/C=C2\C=CC=CN2O)cc1. The summed E-state index contributed by atoms with van der Waals surface area (Å²) in [5.74, 6) is -1.00. The summed E-state index contributed by atoms with van der Waals surface area (Å²) >= 11 is 0. The van der Waals surface area contributed by atoms with Crippen LogP contribution in [0.25, 0.3) is 0 Å². The number of carboxylic acid groups (broad SMARTS) is 1. The average Bonchev–Trinajstić information content (AvgIpc) is 2.49. The molecule has 1 aliphatic rings. The summed E-state index contributed by atoms with van der Waals surface area (Å²) in [6.45, 7) is 0. The number of nitrogens with zero attached hydrogens (tertiary/aromatic N) is 3. The van der Waals surface area contributed by atoms with Gasteiger partial charge in [-0.15, -0.1) is 5.11 Å². The molecule has 1 heterocycles. The highest BCUT2D eigenvalue weighted by atomic mass is 32.2. The predicted molar refractivity (Wildman–Crippen MR) is 79.8 cm³/mol. The minimum atomic E-state index is -4.00. The molecule has 1 aromatic carbocycles. The highest BCUT2D eigenvalue weighted by molar-refractivity contribution is 7.90. The van der Waals surface area contributed by atoms with Gasteiger partial charge < -0.3 is 5.11 Å². The van der Waals surface area contributed by atoms with Crippen LogP contribution in [0.15, 0.2) is 75.1 Å². The molecule has 8 nitrogen and oxygen atoms in total. The van der Waals surface area contributed by atoms with Crippen LogP contribution in [0.2, 0.25) is 0 Å². The number of benzene rings is 1. The van der Waals surface area contributed by atoms with Gasteiger partial charge in [0.2, 0.25) is 0 Å². The van der Waals surface area contributed by atoms with Crippen LogP contribution in [0, 0.1) is 0 Å². The van der Waals surface area contributed by atoms with Crippen molar-refractivity contribution >= 4 is 16.0 Å². The summed E-state index contributed by atoms with van der Waals surface area (Å²) in [6, 6.07) is 5.33. The lowest BCUT2D eigenvalue weighted by atomic mass is 10.2. The Morgan fingerprint density at radius 1 is 1.22 bits per heavy atom. The van der Waals surface area contributed by atoms with Gasteiger partial charge in [0.05, 0.1) is 23.2 Å². The Morgan fingerprint density at radius 3 is 2.52 bits per heavy atom. The lowest BCUT2D eigenvalue weighted by molar-refractivity contribution is -0.136. The number of carbonyl (C=O) groups is 1. The van der Waals surface area contributed by atoms with Crippen molar-refractivity contribution in [1.29, 1.82) is 0 Å². The Morgan fingerprint density at radius 2 is 1.91 bits per heavy atom. The number of allylic oxidation sites excluding steroid dienone is 3. The summed E-state index contributed by atoms with van der Waals surface area (Å²) in [5.41, 5.74) is 0.730. The smallest absolute Gasteiger partial charge is 0.307 e. The van der Waals surface area contributed by atoms with Gasteiger partial charge in [-0.25, -0.2) is 5.06 Å². The van der Waals surface area contributed by atoms with Gasteiger partial charge in [-0.3, -0.25) is 10.0 Å². The zero-order valence-corrected chi connectivity index (χ0v) is 12.6. The standard InChI is InChI=1S/C14H13N3O5S/c18-14(19)9-11-4-6-13(7-5-11)23(21,22)16-15-10-12-3-1-2-8-17(12)20/h1-8,10,20H,9H2,(H,18,19)/b12-10+,16-15?. The molecule has 23 heavy (non-hydrogen) atoms. The van der Waals surface area contributed by atoms with Crippen molar-refractivity contribution in [3.8, 4) is 0 Å². The van der Waals surface area contributed by atoms with Gasteiger partial charge in [0, 0.05) is 6.20 Å². The zero-order valence-electron chi connectivity index (χ0n) is 11.8. The lowest BCUT2D eigenvalue weighted by Gasteiger charge is -2.13. The van der Waals surface area contributed by atoms with Gasteiger partial charge in [0.1, 0.15) is 0 Å². The number of aliphatic carboxylic acids is 1. The zero-order chi connectivity index (χ0) is 16.9. The molecule has 0 saturated carbocycles. The third-order valence-corrected chi connectivity index (χ3v) is 3.97. The minimum Gasteiger partial charge on any atom is -0.481 e. The van der Waals surface area contributed by atoms with Crippen LogP contribution >= 0.6 is 0 Å². The molecule has 0 aliphatic carbocycles. The lowest BCUT2D eigenvalue weighted by Crippen LogP contribution is -2.10. The molecule has 2 rings (SSSR count). The Balaban J connectivity index is 2.14.